The van der Waals surface area contributed by atoms with Crippen LogP contribution in [0, 0.1) is 0 Å². The Bertz CT molecular complexity index is 1480. The molecule has 0 saturated carbocycles. The van der Waals surface area contributed by atoms with Gasteiger partial charge in [-0.15, -0.1) is 11.3 Å². The number of carbonyl (C=O) groups is 2. The molecule has 1 fully saturated rings. The first-order valence-electron chi connectivity index (χ1n) is 20.2. The minimum Gasteiger partial charge on any atom is -0.494 e. The summed E-state index contributed by atoms with van der Waals surface area (Å²) in [5.74, 6) is 0.530. The fourth-order valence-corrected chi connectivity index (χ4v) is 8.45. The predicted octanol–water partition coefficient (Wildman–Crippen LogP) is 10.5. The molecule has 3 aromatic rings. The number of esters is 1. The largest absolute Gasteiger partial charge is 0.494 e. The third-order valence-electron chi connectivity index (χ3n) is 10.7. The van der Waals surface area contributed by atoms with E-state index in [0.717, 1.165) is 75.4 Å². The van der Waals surface area contributed by atoms with Crippen molar-refractivity contribution >= 4 is 44.7 Å². The lowest BCUT2D eigenvalue weighted by Crippen LogP contribution is -2.46. The van der Waals surface area contributed by atoms with Crippen LogP contribution in [0.3, 0.4) is 0 Å². The fraction of sp³-hybridized carbons (Fsp3) is 0.628. The van der Waals surface area contributed by atoms with Gasteiger partial charge in [-0.25, -0.2) is 0 Å². The minimum absolute atomic E-state index is 0.00647. The standard InChI is InChI=1S/C43H63N3O4S/c1-3-4-5-6-7-8-9-10-11-12-13-14-15-21-43(48)50-35(2)46-40-34-37(24-22-36(40)23-25-42(46)47)49-32-17-16-27-44-28-30-45(31-29-44)39-19-18-20-41-38(39)26-33-51-41/h18-20,22,24,26,33-35H,3-17,21,23,25,27-32H2,1-2H3. The number of anilines is 2. The number of thiophene rings is 1. The van der Waals surface area contributed by atoms with Crippen molar-refractivity contribution in [2.24, 2.45) is 0 Å². The smallest absolute Gasteiger partial charge is 0.307 e. The first-order chi connectivity index (χ1) is 25.0. The highest BCUT2D eigenvalue weighted by Gasteiger charge is 2.30. The van der Waals surface area contributed by atoms with E-state index in [1.54, 1.807) is 4.90 Å². The maximum absolute atomic E-state index is 13.1. The van der Waals surface area contributed by atoms with E-state index in [0.29, 0.717) is 25.9 Å². The first-order valence-corrected chi connectivity index (χ1v) is 21.1. The molecule has 1 saturated heterocycles. The summed E-state index contributed by atoms with van der Waals surface area (Å²) in [6, 6.07) is 14.9. The highest BCUT2D eigenvalue weighted by molar-refractivity contribution is 7.17. The molecule has 1 amide bonds. The number of carbonyl (C=O) groups excluding carboxylic acids is 2. The maximum atomic E-state index is 13.1. The number of piperazine rings is 1. The molecule has 2 aromatic carbocycles. The van der Waals surface area contributed by atoms with E-state index in [-0.39, 0.29) is 11.9 Å². The van der Waals surface area contributed by atoms with Crippen molar-refractivity contribution in [1.29, 1.82) is 0 Å². The van der Waals surface area contributed by atoms with Gasteiger partial charge in [0.05, 0.1) is 12.3 Å². The van der Waals surface area contributed by atoms with Crippen LogP contribution in [0.25, 0.3) is 10.1 Å². The van der Waals surface area contributed by atoms with Crippen LogP contribution < -0.4 is 14.5 Å². The van der Waals surface area contributed by atoms with Crippen LogP contribution in [0.1, 0.15) is 129 Å². The Morgan fingerprint density at radius 2 is 1.49 bits per heavy atom. The molecule has 2 aliphatic heterocycles. The molecule has 2 aliphatic rings. The van der Waals surface area contributed by atoms with Crippen molar-refractivity contribution in [1.82, 2.24) is 4.90 Å². The van der Waals surface area contributed by atoms with Gasteiger partial charge in [0.1, 0.15) is 5.75 Å². The van der Waals surface area contributed by atoms with E-state index in [1.165, 1.54) is 86.4 Å². The SMILES string of the molecule is CCCCCCCCCCCCCCCC(=O)OC(C)N1C(=O)CCc2ccc(OCCCCN3CCN(c4cccc5sccc45)CC3)cc21. The zero-order chi connectivity index (χ0) is 35.7. The second kappa shape index (κ2) is 21.4. The van der Waals surface area contributed by atoms with Gasteiger partial charge in [-0.1, -0.05) is 96.1 Å². The average Bonchev–Trinajstić information content (AvgIpc) is 3.63. The van der Waals surface area contributed by atoms with E-state index < -0.39 is 6.23 Å². The second-order valence-electron chi connectivity index (χ2n) is 14.6. The Morgan fingerprint density at radius 3 is 2.22 bits per heavy atom. The van der Waals surface area contributed by atoms with Crippen molar-refractivity contribution < 1.29 is 19.1 Å². The third-order valence-corrected chi connectivity index (χ3v) is 11.5. The molecule has 280 valence electrons. The molecule has 0 aliphatic carbocycles. The number of hydrogen-bond acceptors (Lipinski definition) is 7. The molecule has 1 atom stereocenters. The van der Waals surface area contributed by atoms with Gasteiger partial charge in [0.25, 0.3) is 0 Å². The topological polar surface area (TPSA) is 62.3 Å². The normalized spacial score (nSPS) is 15.7. The molecule has 51 heavy (non-hydrogen) atoms. The summed E-state index contributed by atoms with van der Waals surface area (Å²) >= 11 is 1.81. The lowest BCUT2D eigenvalue weighted by atomic mass is 10.0. The molecule has 7 nitrogen and oxygen atoms in total. The van der Waals surface area contributed by atoms with Gasteiger partial charge in [-0.05, 0) is 74.4 Å². The number of benzene rings is 2. The summed E-state index contributed by atoms with van der Waals surface area (Å²) in [7, 11) is 0. The van der Waals surface area contributed by atoms with Crippen molar-refractivity contribution in [2.75, 3.05) is 49.1 Å². The van der Waals surface area contributed by atoms with Crippen molar-refractivity contribution in [2.45, 2.75) is 136 Å². The highest BCUT2D eigenvalue weighted by atomic mass is 32.1. The van der Waals surface area contributed by atoms with Crippen LogP contribution in [-0.2, 0) is 20.7 Å². The Balaban J connectivity index is 0.954. The highest BCUT2D eigenvalue weighted by Crippen LogP contribution is 2.34. The minimum atomic E-state index is -0.639. The Kier molecular flexibility index (Phi) is 16.4. The van der Waals surface area contributed by atoms with E-state index in [9.17, 15) is 9.59 Å². The van der Waals surface area contributed by atoms with Gasteiger partial charge in [0, 0.05) is 60.9 Å². The van der Waals surface area contributed by atoms with Crippen LogP contribution in [-0.4, -0.2) is 62.3 Å². The van der Waals surface area contributed by atoms with Crippen molar-refractivity contribution in [3.8, 4) is 5.75 Å². The van der Waals surface area contributed by atoms with E-state index in [1.807, 2.05) is 30.4 Å². The summed E-state index contributed by atoms with van der Waals surface area (Å²) < 4.78 is 13.3. The maximum Gasteiger partial charge on any atom is 0.307 e. The van der Waals surface area contributed by atoms with Crippen LogP contribution in [0.4, 0.5) is 11.4 Å². The summed E-state index contributed by atoms with van der Waals surface area (Å²) in [5.41, 5.74) is 3.27. The predicted molar refractivity (Wildman–Crippen MR) is 213 cm³/mol. The monoisotopic (exact) mass is 717 g/mol. The van der Waals surface area contributed by atoms with Gasteiger partial charge >= 0.3 is 5.97 Å². The fourth-order valence-electron chi connectivity index (χ4n) is 7.65. The molecule has 0 radical (unpaired) electrons. The second-order valence-corrected chi connectivity index (χ2v) is 15.6. The Hall–Kier alpha value is -3.10. The van der Waals surface area contributed by atoms with Crippen LogP contribution in [0.15, 0.2) is 47.8 Å². The lowest BCUT2D eigenvalue weighted by molar-refractivity contribution is -0.149. The van der Waals surface area contributed by atoms with E-state index in [2.05, 4.69) is 52.4 Å². The van der Waals surface area contributed by atoms with Gasteiger partial charge in [0.2, 0.25) is 5.91 Å². The van der Waals surface area contributed by atoms with Gasteiger partial charge in [0.15, 0.2) is 6.23 Å². The molecule has 1 unspecified atom stereocenters. The third kappa shape index (κ3) is 12.2. The van der Waals surface area contributed by atoms with Crippen LogP contribution in [0.2, 0.25) is 0 Å². The molecular weight excluding hydrogens is 655 g/mol. The number of ether oxygens (including phenoxy) is 2. The zero-order valence-corrected chi connectivity index (χ0v) is 32.4. The van der Waals surface area contributed by atoms with Crippen molar-refractivity contribution in [3.63, 3.8) is 0 Å². The Morgan fingerprint density at radius 1 is 0.784 bits per heavy atom. The molecule has 5 rings (SSSR count). The quantitative estimate of drug-likeness (QED) is 0.0719. The molecule has 3 heterocycles. The molecule has 0 spiro atoms. The number of unbranched alkanes of at least 4 members (excludes halogenated alkanes) is 13. The Labute approximate surface area is 311 Å². The van der Waals surface area contributed by atoms with Gasteiger partial charge in [-0.3, -0.25) is 19.4 Å². The molecule has 0 N–H and O–H groups in total. The summed E-state index contributed by atoms with van der Waals surface area (Å²) in [5, 5.41) is 3.56. The van der Waals surface area contributed by atoms with Crippen LogP contribution >= 0.6 is 11.3 Å². The average molecular weight is 718 g/mol. The number of rotatable bonds is 23. The number of amides is 1. The number of aryl methyl sites for hydroxylation is 1. The number of nitrogens with zero attached hydrogens (tertiary/aromatic N) is 3. The molecule has 8 heteroatoms. The molecular formula is C43H63N3O4S. The van der Waals surface area contributed by atoms with E-state index >= 15 is 0 Å². The number of hydrogen-bond donors (Lipinski definition) is 0. The summed E-state index contributed by atoms with van der Waals surface area (Å²) in [6.45, 7) is 10.1. The molecule has 1 aromatic heterocycles. The van der Waals surface area contributed by atoms with Gasteiger partial charge < -0.3 is 14.4 Å². The van der Waals surface area contributed by atoms with Crippen LogP contribution in [0.5, 0.6) is 5.75 Å². The van der Waals surface area contributed by atoms with Crippen molar-refractivity contribution in [3.05, 3.63) is 53.4 Å². The van der Waals surface area contributed by atoms with Gasteiger partial charge in [-0.2, -0.15) is 0 Å². The zero-order valence-electron chi connectivity index (χ0n) is 31.5. The van der Waals surface area contributed by atoms with E-state index in [4.69, 9.17) is 9.47 Å². The summed E-state index contributed by atoms with van der Waals surface area (Å²) in [6.07, 6.45) is 19.5. The first kappa shape index (κ1) is 39.1. The summed E-state index contributed by atoms with van der Waals surface area (Å²) in [4.78, 5) is 32.5. The lowest BCUT2D eigenvalue weighted by Gasteiger charge is -2.36. The number of fused-ring (bicyclic) bond motifs is 2. The molecule has 0 bridgehead atoms.